The van der Waals surface area contributed by atoms with E-state index in [1.807, 2.05) is 4.90 Å². The van der Waals surface area contributed by atoms with Gasteiger partial charge < -0.3 is 10.6 Å². The highest BCUT2D eigenvalue weighted by atomic mass is 35.5. The number of anilines is 1. The van der Waals surface area contributed by atoms with Crippen LogP contribution in [0.15, 0.2) is 18.2 Å². The van der Waals surface area contributed by atoms with Gasteiger partial charge in [0.2, 0.25) is 0 Å². The highest BCUT2D eigenvalue weighted by molar-refractivity contribution is 6.34. The lowest BCUT2D eigenvalue weighted by Gasteiger charge is -2.39. The van der Waals surface area contributed by atoms with Gasteiger partial charge in [-0.25, -0.2) is 0 Å². The number of carbonyl (C=O) groups is 1. The Morgan fingerprint density at radius 1 is 1.47 bits per heavy atom. The maximum Gasteiger partial charge on any atom is 0.255 e. The van der Waals surface area contributed by atoms with Crippen molar-refractivity contribution in [2.24, 2.45) is 0 Å². The molecule has 0 spiro atoms. The lowest BCUT2D eigenvalue weighted by Crippen LogP contribution is -2.53. The van der Waals surface area contributed by atoms with Crippen molar-refractivity contribution in [3.63, 3.8) is 0 Å². The number of piperazine rings is 1. The Morgan fingerprint density at radius 2 is 2.21 bits per heavy atom. The Morgan fingerprint density at radius 3 is 2.79 bits per heavy atom. The molecular weight excluding hydrogens is 262 g/mol. The van der Waals surface area contributed by atoms with Crippen LogP contribution in [-0.2, 0) is 0 Å². The summed E-state index contributed by atoms with van der Waals surface area (Å²) in [5.41, 5.74) is 6.76. The van der Waals surface area contributed by atoms with E-state index in [-0.39, 0.29) is 5.91 Å². The summed E-state index contributed by atoms with van der Waals surface area (Å²) in [5, 5.41) is 0.426. The molecule has 1 unspecified atom stereocenters. The summed E-state index contributed by atoms with van der Waals surface area (Å²) in [6.45, 7) is 7.71. The summed E-state index contributed by atoms with van der Waals surface area (Å²) in [6, 6.07) is 5.43. The number of hydrogen-bond donors (Lipinski definition) is 1. The SMILES string of the molecule is CCN1CCN(C(=O)c2ccc(N)cc2Cl)CC1C. The van der Waals surface area contributed by atoms with Gasteiger partial charge >= 0.3 is 0 Å². The largest absolute Gasteiger partial charge is 0.399 e. The zero-order valence-electron chi connectivity index (χ0n) is 11.4. The third-order valence-electron chi connectivity index (χ3n) is 3.68. The Kier molecular flexibility index (Phi) is 4.32. The second-order valence-corrected chi connectivity index (χ2v) is 5.38. The Labute approximate surface area is 119 Å². The van der Waals surface area contributed by atoms with Gasteiger partial charge in [0.1, 0.15) is 0 Å². The molecule has 1 saturated heterocycles. The van der Waals surface area contributed by atoms with Crippen LogP contribution < -0.4 is 5.73 Å². The molecule has 2 N–H and O–H groups in total. The minimum absolute atomic E-state index is 0.00685. The smallest absolute Gasteiger partial charge is 0.255 e. The first-order valence-corrected chi connectivity index (χ1v) is 6.99. The molecule has 0 bridgehead atoms. The lowest BCUT2D eigenvalue weighted by molar-refractivity contribution is 0.0528. The molecular formula is C14H20ClN3O. The second kappa shape index (κ2) is 5.80. The molecule has 1 atom stereocenters. The molecule has 0 radical (unpaired) electrons. The third-order valence-corrected chi connectivity index (χ3v) is 3.99. The van der Waals surface area contributed by atoms with Crippen molar-refractivity contribution in [3.8, 4) is 0 Å². The van der Waals surface area contributed by atoms with Gasteiger partial charge in [0, 0.05) is 31.4 Å². The van der Waals surface area contributed by atoms with E-state index in [0.29, 0.717) is 22.3 Å². The van der Waals surface area contributed by atoms with E-state index in [2.05, 4.69) is 18.7 Å². The number of halogens is 1. The van der Waals surface area contributed by atoms with E-state index in [9.17, 15) is 4.79 Å². The van der Waals surface area contributed by atoms with Crippen LogP contribution in [0.4, 0.5) is 5.69 Å². The molecule has 1 heterocycles. The second-order valence-electron chi connectivity index (χ2n) is 4.97. The predicted octanol–water partition coefficient (Wildman–Crippen LogP) is 2.09. The average molecular weight is 282 g/mol. The number of hydrogen-bond acceptors (Lipinski definition) is 3. The van der Waals surface area contributed by atoms with Crippen LogP contribution in [0, 0.1) is 0 Å². The molecule has 0 aliphatic carbocycles. The highest BCUT2D eigenvalue weighted by Crippen LogP contribution is 2.22. The molecule has 1 amide bonds. The Bertz CT molecular complexity index is 478. The standard InChI is InChI=1S/C14H20ClN3O/c1-3-17-6-7-18(9-10(17)2)14(19)12-5-4-11(16)8-13(12)15/h4-5,8,10H,3,6-7,9,16H2,1-2H3. The molecule has 1 aliphatic heterocycles. The van der Waals surface area contributed by atoms with E-state index in [1.165, 1.54) is 0 Å². The first-order chi connectivity index (χ1) is 9.02. The number of benzene rings is 1. The number of carbonyl (C=O) groups excluding carboxylic acids is 1. The van der Waals surface area contributed by atoms with E-state index in [0.717, 1.165) is 26.2 Å². The summed E-state index contributed by atoms with van der Waals surface area (Å²) < 4.78 is 0. The van der Waals surface area contributed by atoms with E-state index in [1.54, 1.807) is 18.2 Å². The number of nitrogens with two attached hydrogens (primary N) is 1. The molecule has 5 heteroatoms. The molecule has 104 valence electrons. The fourth-order valence-corrected chi connectivity index (χ4v) is 2.79. The minimum Gasteiger partial charge on any atom is -0.399 e. The monoisotopic (exact) mass is 281 g/mol. The van der Waals surface area contributed by atoms with Crippen molar-refractivity contribution >= 4 is 23.2 Å². The number of likely N-dealkylation sites (N-methyl/N-ethyl adjacent to an activating group) is 1. The molecule has 1 aliphatic rings. The van der Waals surface area contributed by atoms with Crippen LogP contribution in [0.2, 0.25) is 5.02 Å². The van der Waals surface area contributed by atoms with Gasteiger partial charge in [-0.1, -0.05) is 18.5 Å². The topological polar surface area (TPSA) is 49.6 Å². The predicted molar refractivity (Wildman–Crippen MR) is 78.5 cm³/mol. The molecule has 1 aromatic carbocycles. The minimum atomic E-state index is -0.00685. The lowest BCUT2D eigenvalue weighted by atomic mass is 10.1. The molecule has 4 nitrogen and oxygen atoms in total. The summed E-state index contributed by atoms with van der Waals surface area (Å²) >= 11 is 6.10. The van der Waals surface area contributed by atoms with Crippen LogP contribution in [0.1, 0.15) is 24.2 Å². The van der Waals surface area contributed by atoms with Gasteiger partial charge in [0.15, 0.2) is 0 Å². The molecule has 0 saturated carbocycles. The number of nitrogen functional groups attached to an aromatic ring is 1. The zero-order valence-corrected chi connectivity index (χ0v) is 12.2. The summed E-state index contributed by atoms with van der Waals surface area (Å²) in [4.78, 5) is 16.7. The number of rotatable bonds is 2. The first-order valence-electron chi connectivity index (χ1n) is 6.61. The summed E-state index contributed by atoms with van der Waals surface area (Å²) in [7, 11) is 0. The Balaban J connectivity index is 2.12. The van der Waals surface area contributed by atoms with Crippen molar-refractivity contribution < 1.29 is 4.79 Å². The number of nitrogens with zero attached hydrogens (tertiary/aromatic N) is 2. The first kappa shape index (κ1) is 14.2. The van der Waals surface area contributed by atoms with Gasteiger partial charge in [-0.15, -0.1) is 0 Å². The summed E-state index contributed by atoms with van der Waals surface area (Å²) in [6.07, 6.45) is 0. The van der Waals surface area contributed by atoms with Crippen molar-refractivity contribution in [2.75, 3.05) is 31.9 Å². The van der Waals surface area contributed by atoms with E-state index < -0.39 is 0 Å². The van der Waals surface area contributed by atoms with Gasteiger partial charge in [0.25, 0.3) is 5.91 Å². The van der Waals surface area contributed by atoms with E-state index in [4.69, 9.17) is 17.3 Å². The molecule has 1 fully saturated rings. The van der Waals surface area contributed by atoms with Crippen LogP contribution in [-0.4, -0.2) is 47.9 Å². The maximum absolute atomic E-state index is 12.5. The quantitative estimate of drug-likeness (QED) is 0.845. The van der Waals surface area contributed by atoms with Crippen LogP contribution in [0.3, 0.4) is 0 Å². The van der Waals surface area contributed by atoms with Gasteiger partial charge in [-0.2, -0.15) is 0 Å². The van der Waals surface area contributed by atoms with Crippen LogP contribution in [0.25, 0.3) is 0 Å². The fourth-order valence-electron chi connectivity index (χ4n) is 2.52. The molecule has 2 rings (SSSR count). The van der Waals surface area contributed by atoms with Crippen LogP contribution in [0.5, 0.6) is 0 Å². The number of amides is 1. The van der Waals surface area contributed by atoms with Gasteiger partial charge in [-0.05, 0) is 31.7 Å². The fraction of sp³-hybridized carbons (Fsp3) is 0.500. The van der Waals surface area contributed by atoms with Gasteiger partial charge in [-0.3, -0.25) is 9.69 Å². The highest BCUT2D eigenvalue weighted by Gasteiger charge is 2.27. The third kappa shape index (κ3) is 3.01. The molecule has 0 aromatic heterocycles. The molecule has 19 heavy (non-hydrogen) atoms. The van der Waals surface area contributed by atoms with Crippen molar-refractivity contribution in [1.29, 1.82) is 0 Å². The van der Waals surface area contributed by atoms with Crippen molar-refractivity contribution in [2.45, 2.75) is 19.9 Å². The van der Waals surface area contributed by atoms with Crippen molar-refractivity contribution in [1.82, 2.24) is 9.80 Å². The maximum atomic E-state index is 12.5. The van der Waals surface area contributed by atoms with E-state index >= 15 is 0 Å². The van der Waals surface area contributed by atoms with Crippen LogP contribution >= 0.6 is 11.6 Å². The normalized spacial score (nSPS) is 20.6. The average Bonchev–Trinajstić information content (AvgIpc) is 2.38. The Hall–Kier alpha value is -1.26. The van der Waals surface area contributed by atoms with Crippen molar-refractivity contribution in [3.05, 3.63) is 28.8 Å². The van der Waals surface area contributed by atoms with Gasteiger partial charge in [0.05, 0.1) is 10.6 Å². The molecule has 1 aromatic rings. The summed E-state index contributed by atoms with van der Waals surface area (Å²) in [5.74, 6) is -0.00685. The zero-order chi connectivity index (χ0) is 14.0.